The van der Waals surface area contributed by atoms with Crippen LogP contribution in [0.25, 0.3) is 0 Å². The summed E-state index contributed by atoms with van der Waals surface area (Å²) in [5.74, 6) is -1.06. The Bertz CT molecular complexity index is 557. The number of nitrogens with zero attached hydrogens (tertiary/aromatic N) is 2. The normalized spacial score (nSPS) is 29.6. The van der Waals surface area contributed by atoms with Crippen LogP contribution >= 0.6 is 11.8 Å². The summed E-state index contributed by atoms with van der Waals surface area (Å²) < 4.78 is 23.0. The topological polar surface area (TPSA) is 104 Å². The fourth-order valence-corrected chi connectivity index (χ4v) is 6.30. The molecule has 1 N–H and O–H groups in total. The smallest absolute Gasteiger partial charge is 0.303 e. The van der Waals surface area contributed by atoms with Crippen LogP contribution < -0.4 is 0 Å². The Morgan fingerprint density at radius 3 is 2.70 bits per heavy atom. The van der Waals surface area contributed by atoms with E-state index in [1.54, 1.807) is 11.9 Å². The van der Waals surface area contributed by atoms with Crippen LogP contribution in [0.3, 0.4) is 0 Å². The second-order valence-corrected chi connectivity index (χ2v) is 8.31. The lowest BCUT2D eigenvalue weighted by atomic mass is 10.2. The lowest BCUT2D eigenvalue weighted by Crippen LogP contribution is -2.34. The van der Waals surface area contributed by atoms with E-state index in [1.807, 2.05) is 0 Å². The van der Waals surface area contributed by atoms with Crippen LogP contribution in [0.1, 0.15) is 19.3 Å². The molecule has 2 rings (SSSR count). The number of sulfone groups is 1. The summed E-state index contributed by atoms with van der Waals surface area (Å²) in [5.41, 5.74) is 0. The third kappa shape index (κ3) is 3.51. The van der Waals surface area contributed by atoms with Gasteiger partial charge in [-0.2, -0.15) is 4.99 Å². The molecule has 0 aromatic heterocycles. The summed E-state index contributed by atoms with van der Waals surface area (Å²) in [5, 5.41) is 8.97. The molecule has 0 aromatic rings. The Balaban J connectivity index is 1.93. The van der Waals surface area contributed by atoms with E-state index in [0.29, 0.717) is 5.17 Å². The van der Waals surface area contributed by atoms with Crippen LogP contribution in [-0.4, -0.2) is 65.3 Å². The molecule has 2 atom stereocenters. The van der Waals surface area contributed by atoms with Crippen molar-refractivity contribution in [3.63, 3.8) is 0 Å². The van der Waals surface area contributed by atoms with Crippen molar-refractivity contribution in [2.24, 2.45) is 4.99 Å². The highest BCUT2D eigenvalue weighted by Crippen LogP contribution is 2.36. The van der Waals surface area contributed by atoms with Gasteiger partial charge in [-0.3, -0.25) is 9.59 Å². The first-order valence-electron chi connectivity index (χ1n) is 6.22. The van der Waals surface area contributed by atoms with Crippen LogP contribution in [0.5, 0.6) is 0 Å². The maximum absolute atomic E-state index is 11.6. The van der Waals surface area contributed by atoms with Gasteiger partial charge in [0.1, 0.15) is 0 Å². The molecule has 0 radical (unpaired) electrons. The molecule has 112 valence electrons. The maximum Gasteiger partial charge on any atom is 0.303 e. The van der Waals surface area contributed by atoms with E-state index >= 15 is 0 Å². The van der Waals surface area contributed by atoms with Crippen LogP contribution in [0, 0.1) is 0 Å². The fourth-order valence-electron chi connectivity index (χ4n) is 2.29. The molecule has 0 aromatic carbocycles. The number of carbonyl (C=O) groups is 2. The van der Waals surface area contributed by atoms with Crippen molar-refractivity contribution >= 4 is 38.6 Å². The maximum atomic E-state index is 11.6. The lowest BCUT2D eigenvalue weighted by Gasteiger charge is -2.17. The van der Waals surface area contributed by atoms with E-state index in [4.69, 9.17) is 5.11 Å². The van der Waals surface area contributed by atoms with Crippen LogP contribution in [-0.2, 0) is 19.4 Å². The van der Waals surface area contributed by atoms with Crippen molar-refractivity contribution in [1.29, 1.82) is 0 Å². The van der Waals surface area contributed by atoms with Gasteiger partial charge in [0.05, 0.1) is 17.5 Å². The molecule has 0 saturated carbocycles. The van der Waals surface area contributed by atoms with Crippen LogP contribution in [0.2, 0.25) is 0 Å². The lowest BCUT2D eigenvalue weighted by molar-refractivity contribution is -0.137. The monoisotopic (exact) mass is 320 g/mol. The molecule has 0 aliphatic carbocycles. The second-order valence-electron chi connectivity index (χ2n) is 4.95. The predicted octanol–water partition coefficient (Wildman–Crippen LogP) is -0.0319. The van der Waals surface area contributed by atoms with E-state index in [0.717, 1.165) is 0 Å². The number of carbonyl (C=O) groups excluding carboxylic acids is 1. The standard InChI is InChI=1S/C11H16N2O5S2/c1-13-7-5-20(17,18)6-8(7)19-11(13)12-9(14)3-2-4-10(15)16/h7-8H,2-6H2,1H3,(H,15,16)/t7-,8-/m1/s1. The van der Waals surface area contributed by atoms with Gasteiger partial charge in [-0.05, 0) is 6.42 Å². The summed E-state index contributed by atoms with van der Waals surface area (Å²) in [4.78, 5) is 27.7. The average Bonchev–Trinajstić information content (AvgIpc) is 2.74. The van der Waals surface area contributed by atoms with E-state index in [9.17, 15) is 18.0 Å². The molecule has 7 nitrogen and oxygen atoms in total. The number of fused-ring (bicyclic) bond motifs is 1. The first-order chi connectivity index (χ1) is 9.28. The quantitative estimate of drug-likeness (QED) is 0.775. The Kier molecular flexibility index (Phi) is 4.38. The van der Waals surface area contributed by atoms with Gasteiger partial charge in [0.2, 0.25) is 5.91 Å². The molecule has 1 amide bonds. The van der Waals surface area contributed by atoms with E-state index in [-0.39, 0.29) is 48.0 Å². The first kappa shape index (κ1) is 15.3. The number of amides is 1. The van der Waals surface area contributed by atoms with Gasteiger partial charge in [0, 0.05) is 25.1 Å². The molecule has 2 aliphatic heterocycles. The van der Waals surface area contributed by atoms with Crippen molar-refractivity contribution < 1.29 is 23.1 Å². The zero-order valence-electron chi connectivity index (χ0n) is 11.0. The van der Waals surface area contributed by atoms with Crippen LogP contribution in [0.4, 0.5) is 0 Å². The predicted molar refractivity (Wildman–Crippen MR) is 75.5 cm³/mol. The van der Waals surface area contributed by atoms with Crippen molar-refractivity contribution in [3.8, 4) is 0 Å². The van der Waals surface area contributed by atoms with Gasteiger partial charge in [0.25, 0.3) is 0 Å². The summed E-state index contributed by atoms with van der Waals surface area (Å²) in [6, 6.07) is -0.115. The first-order valence-corrected chi connectivity index (χ1v) is 8.92. The minimum Gasteiger partial charge on any atom is -0.481 e. The average molecular weight is 320 g/mol. The SMILES string of the molecule is CN1C(=NC(=O)CCCC(=O)O)S[C@@H]2CS(=O)(=O)C[C@H]21. The minimum absolute atomic E-state index is 0.0525. The van der Waals surface area contributed by atoms with Gasteiger partial charge in [-0.25, -0.2) is 8.42 Å². The highest BCUT2D eigenvalue weighted by Gasteiger charge is 2.47. The van der Waals surface area contributed by atoms with E-state index in [2.05, 4.69) is 4.99 Å². The molecular weight excluding hydrogens is 304 g/mol. The number of aliphatic carboxylic acids is 1. The molecule has 2 aliphatic rings. The molecule has 20 heavy (non-hydrogen) atoms. The number of carboxylic acids is 1. The van der Waals surface area contributed by atoms with Crippen molar-refractivity contribution in [1.82, 2.24) is 4.90 Å². The highest BCUT2D eigenvalue weighted by molar-refractivity contribution is 8.15. The third-order valence-electron chi connectivity index (χ3n) is 3.33. The van der Waals surface area contributed by atoms with Gasteiger partial charge in [-0.15, -0.1) is 0 Å². The molecular formula is C11H16N2O5S2. The summed E-state index contributed by atoms with van der Waals surface area (Å²) in [6.45, 7) is 0. The third-order valence-corrected chi connectivity index (χ3v) is 6.63. The Morgan fingerprint density at radius 2 is 2.10 bits per heavy atom. The molecule has 2 heterocycles. The zero-order chi connectivity index (χ0) is 14.9. The van der Waals surface area contributed by atoms with Crippen LogP contribution in [0.15, 0.2) is 4.99 Å². The number of hydrogen-bond donors (Lipinski definition) is 1. The summed E-state index contributed by atoms with van der Waals surface area (Å²) in [6.07, 6.45) is 0.307. The molecule has 9 heteroatoms. The number of aliphatic imine (C=N–C) groups is 1. The minimum atomic E-state index is -2.98. The molecule has 2 fully saturated rings. The highest BCUT2D eigenvalue weighted by atomic mass is 32.2. The molecule has 0 bridgehead atoms. The van der Waals surface area contributed by atoms with Crippen molar-refractivity contribution in [2.45, 2.75) is 30.6 Å². The number of amidine groups is 1. The Morgan fingerprint density at radius 1 is 1.40 bits per heavy atom. The fraction of sp³-hybridized carbons (Fsp3) is 0.727. The zero-order valence-corrected chi connectivity index (χ0v) is 12.6. The molecule has 0 unspecified atom stereocenters. The number of carboxylic acid groups (broad SMARTS) is 1. The molecule has 2 saturated heterocycles. The van der Waals surface area contributed by atoms with Gasteiger partial charge >= 0.3 is 5.97 Å². The summed E-state index contributed by atoms with van der Waals surface area (Å²) >= 11 is 1.32. The van der Waals surface area contributed by atoms with E-state index in [1.165, 1.54) is 11.8 Å². The number of thioether (sulfide) groups is 1. The summed E-state index contributed by atoms with van der Waals surface area (Å²) in [7, 11) is -1.24. The molecule has 0 spiro atoms. The van der Waals surface area contributed by atoms with Crippen molar-refractivity contribution in [3.05, 3.63) is 0 Å². The largest absolute Gasteiger partial charge is 0.481 e. The van der Waals surface area contributed by atoms with Crippen molar-refractivity contribution in [2.75, 3.05) is 18.6 Å². The Labute approximate surface area is 121 Å². The Hall–Kier alpha value is -1.09. The second kappa shape index (κ2) is 5.72. The number of rotatable bonds is 4. The number of hydrogen-bond acceptors (Lipinski definition) is 5. The van der Waals surface area contributed by atoms with Gasteiger partial charge in [-0.1, -0.05) is 11.8 Å². The van der Waals surface area contributed by atoms with Gasteiger partial charge in [0.15, 0.2) is 15.0 Å². The van der Waals surface area contributed by atoms with Gasteiger partial charge < -0.3 is 10.0 Å². The van der Waals surface area contributed by atoms with E-state index < -0.39 is 15.8 Å².